The average Bonchev–Trinajstić information content (AvgIpc) is 2.46. The fraction of sp³-hybridized carbons (Fsp3) is 0.533. The van der Waals surface area contributed by atoms with E-state index in [1.54, 1.807) is 11.8 Å². The number of carbonyl (C=O) groups excluding carboxylic acids is 1. The number of nitrogens with two attached hydrogens (primary N) is 1. The molecule has 1 fully saturated rings. The molecule has 1 saturated heterocycles. The third kappa shape index (κ3) is 4.81. The van der Waals surface area contributed by atoms with Crippen molar-refractivity contribution in [3.8, 4) is 0 Å². The maximum absolute atomic E-state index is 10.9. The number of nitrogens with one attached hydrogen (secondary N) is 1. The molecule has 1 aliphatic rings. The lowest BCUT2D eigenvalue weighted by Crippen LogP contribution is -2.45. The smallest absolute Gasteiger partial charge is 0.231 e. The molecule has 1 heterocycles. The number of thioether (sulfide) groups is 1. The average molecular weight is 293 g/mol. The van der Waals surface area contributed by atoms with E-state index in [4.69, 9.17) is 5.73 Å². The van der Waals surface area contributed by atoms with Crippen LogP contribution in [0.2, 0.25) is 0 Å². The van der Waals surface area contributed by atoms with Crippen molar-refractivity contribution in [2.45, 2.75) is 30.3 Å². The molecule has 20 heavy (non-hydrogen) atoms. The molecule has 2 rings (SSSR count). The first kappa shape index (κ1) is 15.4. The van der Waals surface area contributed by atoms with Crippen LogP contribution in [-0.2, 0) is 11.3 Å². The minimum Gasteiger partial charge on any atom is -0.369 e. The first-order valence-corrected chi connectivity index (χ1v) is 8.27. The van der Waals surface area contributed by atoms with Gasteiger partial charge in [0.05, 0.1) is 6.54 Å². The van der Waals surface area contributed by atoms with Crippen LogP contribution < -0.4 is 11.1 Å². The third-order valence-electron chi connectivity index (χ3n) is 3.72. The van der Waals surface area contributed by atoms with Gasteiger partial charge in [-0.2, -0.15) is 0 Å². The zero-order valence-corrected chi connectivity index (χ0v) is 12.8. The van der Waals surface area contributed by atoms with Gasteiger partial charge in [0.15, 0.2) is 0 Å². The Morgan fingerprint density at radius 1 is 1.35 bits per heavy atom. The van der Waals surface area contributed by atoms with E-state index >= 15 is 0 Å². The van der Waals surface area contributed by atoms with Crippen LogP contribution >= 0.6 is 11.8 Å². The van der Waals surface area contributed by atoms with E-state index in [1.165, 1.54) is 10.5 Å². The zero-order valence-electron chi connectivity index (χ0n) is 12.0. The van der Waals surface area contributed by atoms with Crippen LogP contribution in [0.25, 0.3) is 0 Å². The minimum absolute atomic E-state index is 0.231. The topological polar surface area (TPSA) is 58.4 Å². The molecule has 0 saturated carbocycles. The lowest BCUT2D eigenvalue weighted by atomic mass is 10.0. The number of amides is 1. The number of carbonyl (C=O) groups is 1. The van der Waals surface area contributed by atoms with Crippen molar-refractivity contribution in [3.63, 3.8) is 0 Å². The van der Waals surface area contributed by atoms with Gasteiger partial charge in [-0.25, -0.2) is 0 Å². The van der Waals surface area contributed by atoms with Crippen molar-refractivity contribution in [3.05, 3.63) is 29.8 Å². The van der Waals surface area contributed by atoms with Gasteiger partial charge in [-0.3, -0.25) is 9.69 Å². The van der Waals surface area contributed by atoms with E-state index in [2.05, 4.69) is 40.7 Å². The summed E-state index contributed by atoms with van der Waals surface area (Å²) >= 11 is 1.77. The molecular formula is C15H23N3OS. The number of benzene rings is 1. The maximum Gasteiger partial charge on any atom is 0.231 e. The molecule has 1 amide bonds. The summed E-state index contributed by atoms with van der Waals surface area (Å²) in [5.41, 5.74) is 6.54. The van der Waals surface area contributed by atoms with Gasteiger partial charge in [-0.15, -0.1) is 11.8 Å². The number of nitrogens with zero attached hydrogens (tertiary/aromatic N) is 1. The van der Waals surface area contributed by atoms with Crippen molar-refractivity contribution < 1.29 is 4.79 Å². The van der Waals surface area contributed by atoms with Crippen molar-refractivity contribution >= 4 is 17.7 Å². The lowest BCUT2D eigenvalue weighted by Gasteiger charge is -2.31. The van der Waals surface area contributed by atoms with Gasteiger partial charge in [-0.05, 0) is 36.8 Å². The molecule has 0 unspecified atom stereocenters. The Hall–Kier alpha value is -1.04. The number of hydrogen-bond donors (Lipinski definition) is 2. The standard InChI is InChI=1S/C15H23N3OS/c1-20-14-4-2-12(3-5-14)10-17-13-6-8-18(9-7-13)11-15(16)19/h2-5,13,17H,6-11H2,1H3,(H2,16,19). The number of piperidine rings is 1. The Morgan fingerprint density at radius 2 is 2.00 bits per heavy atom. The maximum atomic E-state index is 10.9. The van der Waals surface area contributed by atoms with E-state index in [1.807, 2.05) is 0 Å². The molecule has 0 bridgehead atoms. The van der Waals surface area contributed by atoms with Gasteiger partial charge in [0, 0.05) is 30.6 Å². The zero-order chi connectivity index (χ0) is 14.4. The predicted octanol–water partition coefficient (Wildman–Crippen LogP) is 1.45. The van der Waals surface area contributed by atoms with Crippen LogP contribution in [0, 0.1) is 0 Å². The van der Waals surface area contributed by atoms with Crippen LogP contribution in [0.3, 0.4) is 0 Å². The molecular weight excluding hydrogens is 270 g/mol. The van der Waals surface area contributed by atoms with Crippen molar-refractivity contribution in [1.29, 1.82) is 0 Å². The van der Waals surface area contributed by atoms with E-state index in [-0.39, 0.29) is 5.91 Å². The molecule has 110 valence electrons. The second kappa shape index (κ2) is 7.67. The summed E-state index contributed by atoms with van der Waals surface area (Å²) in [7, 11) is 0. The minimum atomic E-state index is -0.231. The summed E-state index contributed by atoms with van der Waals surface area (Å²) in [6.07, 6.45) is 4.25. The normalized spacial score (nSPS) is 17.2. The van der Waals surface area contributed by atoms with E-state index in [9.17, 15) is 4.79 Å². The summed E-state index contributed by atoms with van der Waals surface area (Å²) < 4.78 is 0. The van der Waals surface area contributed by atoms with Crippen LogP contribution in [0.5, 0.6) is 0 Å². The summed E-state index contributed by atoms with van der Waals surface area (Å²) in [5.74, 6) is -0.231. The molecule has 1 aromatic carbocycles. The highest BCUT2D eigenvalue weighted by atomic mass is 32.2. The first-order chi connectivity index (χ1) is 9.67. The second-order valence-electron chi connectivity index (χ2n) is 5.25. The molecule has 4 nitrogen and oxygen atoms in total. The number of hydrogen-bond acceptors (Lipinski definition) is 4. The molecule has 0 radical (unpaired) electrons. The quantitative estimate of drug-likeness (QED) is 0.780. The van der Waals surface area contributed by atoms with Crippen molar-refractivity contribution in [2.24, 2.45) is 5.73 Å². The van der Waals surface area contributed by atoms with Gasteiger partial charge in [0.2, 0.25) is 5.91 Å². The summed E-state index contributed by atoms with van der Waals surface area (Å²) in [5, 5.41) is 3.60. The lowest BCUT2D eigenvalue weighted by molar-refractivity contribution is -0.119. The van der Waals surface area contributed by atoms with Gasteiger partial charge in [0.25, 0.3) is 0 Å². The van der Waals surface area contributed by atoms with E-state index < -0.39 is 0 Å². The summed E-state index contributed by atoms with van der Waals surface area (Å²) in [6, 6.07) is 9.23. The van der Waals surface area contributed by atoms with Gasteiger partial charge >= 0.3 is 0 Å². The van der Waals surface area contributed by atoms with Crippen molar-refractivity contribution in [2.75, 3.05) is 25.9 Å². The van der Waals surface area contributed by atoms with E-state index in [0.29, 0.717) is 12.6 Å². The van der Waals surface area contributed by atoms with Gasteiger partial charge in [-0.1, -0.05) is 12.1 Å². The van der Waals surface area contributed by atoms with Crippen LogP contribution in [0.15, 0.2) is 29.2 Å². The second-order valence-corrected chi connectivity index (χ2v) is 6.13. The number of likely N-dealkylation sites (tertiary alicyclic amines) is 1. The molecule has 0 aliphatic carbocycles. The van der Waals surface area contributed by atoms with Crippen LogP contribution in [0.1, 0.15) is 18.4 Å². The van der Waals surface area contributed by atoms with Crippen molar-refractivity contribution in [1.82, 2.24) is 10.2 Å². The Bertz CT molecular complexity index is 427. The third-order valence-corrected chi connectivity index (χ3v) is 4.46. The molecule has 0 atom stereocenters. The Labute approximate surface area is 125 Å². The molecule has 0 spiro atoms. The Kier molecular flexibility index (Phi) is 5.88. The number of rotatable bonds is 6. The Morgan fingerprint density at radius 3 is 2.55 bits per heavy atom. The molecule has 1 aromatic rings. The fourth-order valence-electron chi connectivity index (χ4n) is 2.52. The highest BCUT2D eigenvalue weighted by Crippen LogP contribution is 2.15. The number of primary amides is 1. The van der Waals surface area contributed by atoms with Gasteiger partial charge < -0.3 is 11.1 Å². The van der Waals surface area contributed by atoms with Crippen LogP contribution in [-0.4, -0.2) is 42.7 Å². The molecule has 0 aromatic heterocycles. The molecule has 5 heteroatoms. The predicted molar refractivity (Wildman–Crippen MR) is 83.7 cm³/mol. The monoisotopic (exact) mass is 293 g/mol. The first-order valence-electron chi connectivity index (χ1n) is 7.04. The highest BCUT2D eigenvalue weighted by Gasteiger charge is 2.19. The Balaban J connectivity index is 1.71. The van der Waals surface area contributed by atoms with Gasteiger partial charge in [0.1, 0.15) is 0 Å². The van der Waals surface area contributed by atoms with Crippen LogP contribution in [0.4, 0.5) is 0 Å². The fourth-order valence-corrected chi connectivity index (χ4v) is 2.93. The summed E-state index contributed by atoms with van der Waals surface area (Å²) in [4.78, 5) is 14.3. The highest BCUT2D eigenvalue weighted by molar-refractivity contribution is 7.98. The van der Waals surface area contributed by atoms with E-state index in [0.717, 1.165) is 32.5 Å². The molecule has 1 aliphatic heterocycles. The molecule has 3 N–H and O–H groups in total. The summed E-state index contributed by atoms with van der Waals surface area (Å²) in [6.45, 7) is 3.20. The SMILES string of the molecule is CSc1ccc(CNC2CCN(CC(N)=O)CC2)cc1. The largest absolute Gasteiger partial charge is 0.369 e.